The molecule has 2 rings (SSSR count). The minimum Gasteiger partial charge on any atom is -0.462 e. The van der Waals surface area contributed by atoms with Gasteiger partial charge < -0.3 is 4.74 Å². The Balaban J connectivity index is 1.80. The lowest BCUT2D eigenvalue weighted by molar-refractivity contribution is -0.156. The van der Waals surface area contributed by atoms with Gasteiger partial charge in [0.2, 0.25) is 0 Å². The van der Waals surface area contributed by atoms with Crippen LogP contribution in [0.2, 0.25) is 0 Å². The summed E-state index contributed by atoms with van der Waals surface area (Å²) >= 11 is 0. The molecule has 0 amide bonds. The summed E-state index contributed by atoms with van der Waals surface area (Å²) in [6.07, 6.45) is 6.15. The molecule has 0 spiro atoms. The lowest BCUT2D eigenvalue weighted by Crippen LogP contribution is -2.27. The van der Waals surface area contributed by atoms with E-state index in [0.717, 1.165) is 19.3 Å². The molecule has 0 bridgehead atoms. The number of carbonyl (C=O) groups excluding carboxylic acids is 2. The fourth-order valence-corrected chi connectivity index (χ4v) is 2.76. The molecule has 0 saturated heterocycles. The number of esters is 1. The summed E-state index contributed by atoms with van der Waals surface area (Å²) in [6.45, 7) is 2.21. The molecule has 2 fully saturated rings. The van der Waals surface area contributed by atoms with Crippen molar-refractivity contribution in [2.24, 2.45) is 11.8 Å². The normalized spacial score (nSPS) is 35.1. The highest BCUT2D eigenvalue weighted by molar-refractivity contribution is 5.87. The lowest BCUT2D eigenvalue weighted by atomic mass is 9.88. The Morgan fingerprint density at radius 3 is 2.75 bits per heavy atom. The van der Waals surface area contributed by atoms with E-state index in [1.807, 2.05) is 0 Å². The fraction of sp³-hybridized carbons (Fsp3) is 0.846. The molecule has 3 heteroatoms. The van der Waals surface area contributed by atoms with E-state index in [1.54, 1.807) is 0 Å². The highest BCUT2D eigenvalue weighted by Gasteiger charge is 2.31. The van der Waals surface area contributed by atoms with Gasteiger partial charge in [0.05, 0.1) is 5.92 Å². The molecule has 0 aliphatic heterocycles. The zero-order valence-electron chi connectivity index (χ0n) is 9.91. The van der Waals surface area contributed by atoms with Crippen molar-refractivity contribution in [3.8, 4) is 0 Å². The summed E-state index contributed by atoms with van der Waals surface area (Å²) in [7, 11) is 0. The summed E-state index contributed by atoms with van der Waals surface area (Å²) in [5.41, 5.74) is 0. The maximum atomic E-state index is 11.8. The van der Waals surface area contributed by atoms with Gasteiger partial charge in [-0.05, 0) is 31.6 Å². The fourth-order valence-electron chi connectivity index (χ4n) is 2.76. The Morgan fingerprint density at radius 1 is 1.31 bits per heavy atom. The van der Waals surface area contributed by atoms with Gasteiger partial charge in [-0.3, -0.25) is 9.59 Å². The predicted octanol–water partition coefficient (Wildman–Crippen LogP) is 2.48. The van der Waals surface area contributed by atoms with E-state index in [1.165, 1.54) is 6.42 Å². The van der Waals surface area contributed by atoms with E-state index in [9.17, 15) is 9.59 Å². The first kappa shape index (κ1) is 11.6. The number of Topliss-reactive ketones (excluding diaryl/α,β-unsaturated/α-hetero) is 1. The molecule has 16 heavy (non-hydrogen) atoms. The zero-order valence-corrected chi connectivity index (χ0v) is 9.91. The Bertz CT molecular complexity index is 285. The van der Waals surface area contributed by atoms with E-state index < -0.39 is 0 Å². The number of hydrogen-bond acceptors (Lipinski definition) is 3. The topological polar surface area (TPSA) is 43.4 Å². The number of ketones is 1. The van der Waals surface area contributed by atoms with Gasteiger partial charge >= 0.3 is 5.97 Å². The van der Waals surface area contributed by atoms with Crippen LogP contribution in [-0.2, 0) is 14.3 Å². The molecule has 2 saturated carbocycles. The predicted molar refractivity (Wildman–Crippen MR) is 59.9 cm³/mol. The Kier molecular flexibility index (Phi) is 3.62. The van der Waals surface area contributed by atoms with E-state index in [0.29, 0.717) is 25.2 Å². The molecule has 0 N–H and O–H groups in total. The average Bonchev–Trinajstić information content (AvgIpc) is 2.65. The summed E-state index contributed by atoms with van der Waals surface area (Å²) < 4.78 is 5.50. The van der Waals surface area contributed by atoms with Crippen LogP contribution in [0.15, 0.2) is 0 Å². The molecule has 2 aliphatic carbocycles. The number of carbonyl (C=O) groups is 2. The van der Waals surface area contributed by atoms with Crippen LogP contribution in [0.1, 0.15) is 51.9 Å². The van der Waals surface area contributed by atoms with Crippen molar-refractivity contribution in [3.05, 3.63) is 0 Å². The lowest BCUT2D eigenvalue weighted by Gasteiger charge is -2.27. The second-order valence-corrected chi connectivity index (χ2v) is 5.31. The SMILES string of the molecule is CC1CCCC(OC(=O)C2CCC(=O)C2)C1. The van der Waals surface area contributed by atoms with Crippen molar-refractivity contribution in [1.29, 1.82) is 0 Å². The molecule has 0 heterocycles. The summed E-state index contributed by atoms with van der Waals surface area (Å²) in [4.78, 5) is 22.9. The minimum atomic E-state index is -0.148. The first-order chi connectivity index (χ1) is 7.65. The van der Waals surface area contributed by atoms with Gasteiger partial charge in [0.25, 0.3) is 0 Å². The second kappa shape index (κ2) is 4.98. The van der Waals surface area contributed by atoms with Crippen molar-refractivity contribution in [3.63, 3.8) is 0 Å². The van der Waals surface area contributed by atoms with Crippen LogP contribution in [0.4, 0.5) is 0 Å². The second-order valence-electron chi connectivity index (χ2n) is 5.31. The van der Waals surface area contributed by atoms with E-state index in [4.69, 9.17) is 4.74 Å². The van der Waals surface area contributed by atoms with Crippen LogP contribution < -0.4 is 0 Å². The molecule has 0 radical (unpaired) electrons. The summed E-state index contributed by atoms with van der Waals surface area (Å²) in [5, 5.41) is 0. The van der Waals surface area contributed by atoms with Crippen molar-refractivity contribution in [2.45, 2.75) is 58.0 Å². The van der Waals surface area contributed by atoms with Gasteiger partial charge in [-0.1, -0.05) is 13.3 Å². The average molecular weight is 224 g/mol. The number of ether oxygens (including phenoxy) is 1. The van der Waals surface area contributed by atoms with Crippen LogP contribution in [-0.4, -0.2) is 17.9 Å². The molecule has 3 atom stereocenters. The Hall–Kier alpha value is -0.860. The highest BCUT2D eigenvalue weighted by atomic mass is 16.5. The summed E-state index contributed by atoms with van der Waals surface area (Å²) in [6, 6.07) is 0. The van der Waals surface area contributed by atoms with Crippen molar-refractivity contribution in [1.82, 2.24) is 0 Å². The molecule has 0 aromatic heterocycles. The molecular formula is C13H20O3. The van der Waals surface area contributed by atoms with Gasteiger partial charge in [-0.2, -0.15) is 0 Å². The molecule has 0 aromatic carbocycles. The number of hydrogen-bond donors (Lipinski definition) is 0. The van der Waals surface area contributed by atoms with Gasteiger partial charge in [0.1, 0.15) is 11.9 Å². The first-order valence-electron chi connectivity index (χ1n) is 6.37. The first-order valence-corrected chi connectivity index (χ1v) is 6.37. The van der Waals surface area contributed by atoms with Gasteiger partial charge in [-0.25, -0.2) is 0 Å². The standard InChI is InChI=1S/C13H20O3/c1-9-3-2-4-12(7-9)16-13(15)10-5-6-11(14)8-10/h9-10,12H,2-8H2,1H3. The van der Waals surface area contributed by atoms with Crippen LogP contribution in [0, 0.1) is 11.8 Å². The smallest absolute Gasteiger partial charge is 0.309 e. The van der Waals surface area contributed by atoms with Crippen LogP contribution in [0.5, 0.6) is 0 Å². The van der Waals surface area contributed by atoms with Crippen LogP contribution in [0.25, 0.3) is 0 Å². The van der Waals surface area contributed by atoms with Crippen molar-refractivity contribution < 1.29 is 14.3 Å². The van der Waals surface area contributed by atoms with Crippen LogP contribution >= 0.6 is 0 Å². The third kappa shape index (κ3) is 2.83. The van der Waals surface area contributed by atoms with Gasteiger partial charge in [0, 0.05) is 12.8 Å². The zero-order chi connectivity index (χ0) is 11.5. The van der Waals surface area contributed by atoms with Gasteiger partial charge in [0.15, 0.2) is 0 Å². The summed E-state index contributed by atoms with van der Waals surface area (Å²) in [5.74, 6) is 0.588. The third-order valence-corrected chi connectivity index (χ3v) is 3.75. The van der Waals surface area contributed by atoms with Gasteiger partial charge in [-0.15, -0.1) is 0 Å². The van der Waals surface area contributed by atoms with E-state index in [-0.39, 0.29) is 23.8 Å². The Labute approximate surface area is 96.5 Å². The molecule has 2 aliphatic rings. The largest absolute Gasteiger partial charge is 0.462 e. The third-order valence-electron chi connectivity index (χ3n) is 3.75. The minimum absolute atomic E-state index is 0.104. The Morgan fingerprint density at radius 2 is 2.12 bits per heavy atom. The van der Waals surface area contributed by atoms with E-state index in [2.05, 4.69) is 6.92 Å². The molecule has 0 aromatic rings. The van der Waals surface area contributed by atoms with E-state index >= 15 is 0 Å². The molecule has 90 valence electrons. The van der Waals surface area contributed by atoms with Crippen molar-refractivity contribution >= 4 is 11.8 Å². The molecule has 3 nitrogen and oxygen atoms in total. The molecular weight excluding hydrogens is 204 g/mol. The highest BCUT2D eigenvalue weighted by Crippen LogP contribution is 2.29. The van der Waals surface area contributed by atoms with Crippen molar-refractivity contribution in [2.75, 3.05) is 0 Å². The molecule has 3 unspecified atom stereocenters. The number of rotatable bonds is 2. The van der Waals surface area contributed by atoms with Crippen LogP contribution in [0.3, 0.4) is 0 Å². The monoisotopic (exact) mass is 224 g/mol. The quantitative estimate of drug-likeness (QED) is 0.677. The maximum Gasteiger partial charge on any atom is 0.309 e. The maximum absolute atomic E-state index is 11.8.